The second-order valence-electron chi connectivity index (χ2n) is 14.3. The van der Waals surface area contributed by atoms with Crippen LogP contribution in [-0.4, -0.2) is 19.5 Å². The zero-order chi connectivity index (χ0) is 37.5. The van der Waals surface area contributed by atoms with Crippen molar-refractivity contribution in [2.45, 2.75) is 0 Å². The number of benzene rings is 8. The molecule has 6 nitrogen and oxygen atoms in total. The summed E-state index contributed by atoms with van der Waals surface area (Å²) in [7, 11) is 0. The predicted octanol–water partition coefficient (Wildman–Crippen LogP) is 13.4. The summed E-state index contributed by atoms with van der Waals surface area (Å²) in [6, 6.07) is 62.5. The van der Waals surface area contributed by atoms with Gasteiger partial charge in [0.25, 0.3) is 0 Å². The van der Waals surface area contributed by atoms with Gasteiger partial charge in [0.05, 0.1) is 16.4 Å². The molecule has 0 fully saturated rings. The van der Waals surface area contributed by atoms with Crippen LogP contribution in [0.2, 0.25) is 0 Å². The second-order valence-corrected chi connectivity index (χ2v) is 14.3. The number of hydrogen-bond acceptors (Lipinski definition) is 5. The minimum atomic E-state index is 0.508. The number of fused-ring (bicyclic) bond motifs is 10. The van der Waals surface area contributed by atoms with Gasteiger partial charge in [-0.1, -0.05) is 146 Å². The van der Waals surface area contributed by atoms with Gasteiger partial charge in [-0.3, -0.25) is 4.57 Å². The second kappa shape index (κ2) is 12.3. The predicted molar refractivity (Wildman–Crippen MR) is 230 cm³/mol. The molecular weight excluding hydrogens is 701 g/mol. The van der Waals surface area contributed by atoms with Crippen molar-refractivity contribution in [3.05, 3.63) is 182 Å². The fraction of sp³-hybridized carbons (Fsp3) is 0. The summed E-state index contributed by atoms with van der Waals surface area (Å²) in [5, 5.41) is 6.34. The maximum absolute atomic E-state index is 6.68. The third kappa shape index (κ3) is 4.87. The standard InChI is InChI=1S/C51H30N4O2/c1-4-14-31(15-5-1)35-21-13-25-43-45(35)39-27-26-34(30-44(39)56-43)50-52-49(33-18-8-3-9-19-33)53-51(54-50)55-41-29-28-38-37-20-10-11-24-42(37)57-48(38)46(41)40-23-12-22-36(47(40)55)32-16-6-2-7-17-32/h1-30H. The number of para-hydroxylation sites is 2. The number of aromatic nitrogens is 4. The van der Waals surface area contributed by atoms with Crippen LogP contribution in [0, 0.1) is 0 Å². The van der Waals surface area contributed by atoms with Crippen molar-refractivity contribution in [1.29, 1.82) is 0 Å². The largest absolute Gasteiger partial charge is 0.456 e. The fourth-order valence-electron chi connectivity index (χ4n) is 8.52. The molecule has 0 unspecified atom stereocenters. The molecule has 0 aliphatic heterocycles. The van der Waals surface area contributed by atoms with Gasteiger partial charge in [-0.15, -0.1) is 0 Å². The third-order valence-corrected chi connectivity index (χ3v) is 11.1. The van der Waals surface area contributed by atoms with E-state index in [1.165, 1.54) is 0 Å². The summed E-state index contributed by atoms with van der Waals surface area (Å²) >= 11 is 0. The molecule has 0 bridgehead atoms. The van der Waals surface area contributed by atoms with E-state index < -0.39 is 0 Å². The molecule has 0 atom stereocenters. The maximum atomic E-state index is 6.68. The first-order chi connectivity index (χ1) is 28.3. The first kappa shape index (κ1) is 31.5. The van der Waals surface area contributed by atoms with Crippen LogP contribution in [0.1, 0.15) is 0 Å². The first-order valence-corrected chi connectivity index (χ1v) is 19.0. The normalized spacial score (nSPS) is 11.9. The van der Waals surface area contributed by atoms with E-state index in [-0.39, 0.29) is 0 Å². The van der Waals surface area contributed by atoms with Gasteiger partial charge in [-0.05, 0) is 53.1 Å². The molecule has 12 aromatic rings. The summed E-state index contributed by atoms with van der Waals surface area (Å²) in [5.41, 5.74) is 11.4. The van der Waals surface area contributed by atoms with Crippen molar-refractivity contribution >= 4 is 65.7 Å². The van der Waals surface area contributed by atoms with Crippen molar-refractivity contribution in [2.24, 2.45) is 0 Å². The zero-order valence-electron chi connectivity index (χ0n) is 30.4. The van der Waals surface area contributed by atoms with Crippen LogP contribution < -0.4 is 0 Å². The topological polar surface area (TPSA) is 69.9 Å². The molecule has 4 heterocycles. The highest BCUT2D eigenvalue weighted by molar-refractivity contribution is 6.25. The van der Waals surface area contributed by atoms with Crippen molar-refractivity contribution < 1.29 is 8.83 Å². The van der Waals surface area contributed by atoms with Crippen LogP contribution in [0.15, 0.2) is 191 Å². The summed E-state index contributed by atoms with van der Waals surface area (Å²) in [6.45, 7) is 0. The van der Waals surface area contributed by atoms with E-state index in [1.54, 1.807) is 0 Å². The molecule has 57 heavy (non-hydrogen) atoms. The van der Waals surface area contributed by atoms with Gasteiger partial charge in [-0.2, -0.15) is 9.97 Å². The summed E-state index contributed by atoms with van der Waals surface area (Å²) in [4.78, 5) is 15.7. The lowest BCUT2D eigenvalue weighted by molar-refractivity contribution is 0.669. The highest BCUT2D eigenvalue weighted by Gasteiger charge is 2.24. The quantitative estimate of drug-likeness (QED) is 0.176. The van der Waals surface area contributed by atoms with Gasteiger partial charge in [0.15, 0.2) is 11.6 Å². The van der Waals surface area contributed by atoms with Crippen LogP contribution in [0.4, 0.5) is 0 Å². The average Bonchev–Trinajstić information content (AvgIpc) is 3.96. The molecule has 0 saturated heterocycles. The lowest BCUT2D eigenvalue weighted by Gasteiger charge is -2.13. The Morgan fingerprint density at radius 2 is 0.982 bits per heavy atom. The van der Waals surface area contributed by atoms with Gasteiger partial charge in [0.2, 0.25) is 5.95 Å². The zero-order valence-corrected chi connectivity index (χ0v) is 30.4. The lowest BCUT2D eigenvalue weighted by atomic mass is 9.99. The Kier molecular flexibility index (Phi) is 6.83. The Balaban J connectivity index is 1.15. The number of hydrogen-bond donors (Lipinski definition) is 0. The molecule has 4 aromatic heterocycles. The highest BCUT2D eigenvalue weighted by atomic mass is 16.3. The summed E-state index contributed by atoms with van der Waals surface area (Å²) < 4.78 is 15.4. The molecule has 0 radical (unpaired) electrons. The molecule has 0 spiro atoms. The Morgan fingerprint density at radius 3 is 1.77 bits per heavy atom. The SMILES string of the molecule is c1ccc(-c2nc(-c3ccc4c(c3)oc3cccc(-c5ccccc5)c34)nc(-n3c4ccc5c6ccccc6oc5c4c4cccc(-c5ccccc5)c43)n2)cc1. The van der Waals surface area contributed by atoms with E-state index >= 15 is 0 Å². The minimum Gasteiger partial charge on any atom is -0.456 e. The molecule has 8 aromatic carbocycles. The molecule has 0 amide bonds. The van der Waals surface area contributed by atoms with E-state index in [0.29, 0.717) is 17.6 Å². The van der Waals surface area contributed by atoms with Gasteiger partial charge in [0, 0.05) is 43.6 Å². The number of furan rings is 2. The number of nitrogens with zero attached hydrogens (tertiary/aromatic N) is 4. The molecule has 266 valence electrons. The minimum absolute atomic E-state index is 0.508. The van der Waals surface area contributed by atoms with Crippen molar-refractivity contribution in [3.63, 3.8) is 0 Å². The molecule has 12 rings (SSSR count). The molecule has 0 saturated carbocycles. The van der Waals surface area contributed by atoms with E-state index in [0.717, 1.165) is 99.1 Å². The number of rotatable bonds is 5. The van der Waals surface area contributed by atoms with E-state index in [9.17, 15) is 0 Å². The van der Waals surface area contributed by atoms with Crippen molar-refractivity contribution in [3.8, 4) is 51.0 Å². The average molecular weight is 731 g/mol. The Morgan fingerprint density at radius 1 is 0.368 bits per heavy atom. The molecule has 6 heteroatoms. The summed E-state index contributed by atoms with van der Waals surface area (Å²) in [5.74, 6) is 1.62. The molecule has 0 aliphatic rings. The van der Waals surface area contributed by atoms with E-state index in [1.807, 2.05) is 66.7 Å². The fourth-order valence-corrected chi connectivity index (χ4v) is 8.52. The monoisotopic (exact) mass is 730 g/mol. The summed E-state index contributed by atoms with van der Waals surface area (Å²) in [6.07, 6.45) is 0. The molecular formula is C51H30N4O2. The molecule has 0 N–H and O–H groups in total. The van der Waals surface area contributed by atoms with Crippen LogP contribution >= 0.6 is 0 Å². The smallest absolute Gasteiger partial charge is 0.238 e. The maximum Gasteiger partial charge on any atom is 0.238 e. The first-order valence-electron chi connectivity index (χ1n) is 19.0. The Bertz CT molecular complexity index is 3510. The van der Waals surface area contributed by atoms with Crippen LogP contribution in [0.25, 0.3) is 117 Å². The van der Waals surface area contributed by atoms with E-state index in [4.69, 9.17) is 23.8 Å². The van der Waals surface area contributed by atoms with Crippen LogP contribution in [-0.2, 0) is 0 Å². The van der Waals surface area contributed by atoms with Crippen molar-refractivity contribution in [1.82, 2.24) is 19.5 Å². The van der Waals surface area contributed by atoms with Crippen LogP contribution in [0.3, 0.4) is 0 Å². The van der Waals surface area contributed by atoms with Crippen LogP contribution in [0.5, 0.6) is 0 Å². The highest BCUT2D eigenvalue weighted by Crippen LogP contribution is 2.44. The van der Waals surface area contributed by atoms with Gasteiger partial charge >= 0.3 is 0 Å². The molecule has 0 aliphatic carbocycles. The van der Waals surface area contributed by atoms with Gasteiger partial charge in [0.1, 0.15) is 22.3 Å². The Hall–Kier alpha value is -7.83. The van der Waals surface area contributed by atoms with E-state index in [2.05, 4.69) is 120 Å². The van der Waals surface area contributed by atoms with Gasteiger partial charge < -0.3 is 8.83 Å². The third-order valence-electron chi connectivity index (χ3n) is 11.1. The Labute approximate surface area is 325 Å². The lowest BCUT2D eigenvalue weighted by Crippen LogP contribution is -2.07. The van der Waals surface area contributed by atoms with Crippen molar-refractivity contribution in [2.75, 3.05) is 0 Å². The van der Waals surface area contributed by atoms with Gasteiger partial charge in [-0.25, -0.2) is 4.98 Å².